The number of methoxy groups -OCH3 is 1. The number of fused-ring (bicyclic) bond motifs is 2. The van der Waals surface area contributed by atoms with E-state index in [9.17, 15) is 14.9 Å². The van der Waals surface area contributed by atoms with Crippen LogP contribution in [0.4, 0.5) is 5.00 Å². The van der Waals surface area contributed by atoms with E-state index in [2.05, 4.69) is 11.4 Å². The highest BCUT2D eigenvalue weighted by Gasteiger charge is 2.43. The summed E-state index contributed by atoms with van der Waals surface area (Å²) in [6.45, 7) is 1.70. The molecule has 2 bridgehead atoms. The molecule has 0 spiro atoms. The van der Waals surface area contributed by atoms with Crippen molar-refractivity contribution in [3.05, 3.63) is 16.0 Å². The normalized spacial score (nSPS) is 25.8. The highest BCUT2D eigenvalue weighted by Crippen LogP contribution is 2.48. The van der Waals surface area contributed by atoms with Crippen LogP contribution in [0.2, 0.25) is 0 Å². The van der Waals surface area contributed by atoms with Crippen molar-refractivity contribution in [2.24, 2.45) is 17.8 Å². The Morgan fingerprint density at radius 3 is 2.68 bits per heavy atom. The monoisotopic (exact) mass is 318 g/mol. The number of carbonyl (C=O) groups is 2. The molecule has 0 aromatic carbocycles. The van der Waals surface area contributed by atoms with Crippen molar-refractivity contribution in [1.82, 2.24) is 0 Å². The largest absolute Gasteiger partial charge is 0.465 e. The maximum atomic E-state index is 12.5. The van der Waals surface area contributed by atoms with Gasteiger partial charge in [0.25, 0.3) is 0 Å². The lowest BCUT2D eigenvalue weighted by molar-refractivity contribution is -0.121. The summed E-state index contributed by atoms with van der Waals surface area (Å²) >= 11 is 1.12. The average Bonchev–Trinajstić information content (AvgIpc) is 3.21. The summed E-state index contributed by atoms with van der Waals surface area (Å²) in [7, 11) is 1.31. The van der Waals surface area contributed by atoms with Gasteiger partial charge in [-0.1, -0.05) is 6.42 Å². The van der Waals surface area contributed by atoms with Crippen LogP contribution in [0.3, 0.4) is 0 Å². The van der Waals surface area contributed by atoms with Crippen LogP contribution in [0, 0.1) is 36.0 Å². The smallest absolute Gasteiger partial charge is 0.348 e. The van der Waals surface area contributed by atoms with Gasteiger partial charge in [0.05, 0.1) is 12.7 Å². The van der Waals surface area contributed by atoms with E-state index in [0.29, 0.717) is 32.8 Å². The lowest BCUT2D eigenvalue weighted by atomic mass is 9.88. The van der Waals surface area contributed by atoms with E-state index in [1.54, 1.807) is 6.92 Å². The lowest BCUT2D eigenvalue weighted by Crippen LogP contribution is -2.27. The SMILES string of the molecule is COC(=O)c1sc(NC(=O)[C@@H]2C[C@H]3CC[C@H]2C3)c(C#N)c1C. The van der Waals surface area contributed by atoms with Gasteiger partial charge in [-0.3, -0.25) is 4.79 Å². The van der Waals surface area contributed by atoms with Gasteiger partial charge in [0, 0.05) is 5.92 Å². The Balaban J connectivity index is 1.81. The number of nitrogens with zero attached hydrogens (tertiary/aromatic N) is 1. The fourth-order valence-corrected chi connectivity index (χ4v) is 4.87. The molecule has 2 aliphatic rings. The van der Waals surface area contributed by atoms with Gasteiger partial charge in [0.15, 0.2) is 0 Å². The molecule has 2 fully saturated rings. The summed E-state index contributed by atoms with van der Waals surface area (Å²) < 4.78 is 4.72. The van der Waals surface area contributed by atoms with Crippen LogP contribution < -0.4 is 5.32 Å². The third-order valence-electron chi connectivity index (χ3n) is 4.94. The Kier molecular flexibility index (Phi) is 3.92. The number of rotatable bonds is 3. The molecule has 3 rings (SSSR count). The van der Waals surface area contributed by atoms with E-state index in [-0.39, 0.29) is 11.8 Å². The van der Waals surface area contributed by atoms with E-state index < -0.39 is 5.97 Å². The van der Waals surface area contributed by atoms with Gasteiger partial charge in [-0.25, -0.2) is 4.79 Å². The third-order valence-corrected chi connectivity index (χ3v) is 6.13. The highest BCUT2D eigenvalue weighted by atomic mass is 32.1. The van der Waals surface area contributed by atoms with Crippen LogP contribution in [0.5, 0.6) is 0 Å². The molecule has 116 valence electrons. The molecule has 0 aliphatic heterocycles. The van der Waals surface area contributed by atoms with Gasteiger partial charge in [0.1, 0.15) is 15.9 Å². The molecule has 6 heteroatoms. The van der Waals surface area contributed by atoms with Gasteiger partial charge in [0.2, 0.25) is 5.91 Å². The predicted octanol–water partition coefficient (Wildman–Crippen LogP) is 3.09. The van der Waals surface area contributed by atoms with Crippen LogP contribution in [-0.2, 0) is 9.53 Å². The van der Waals surface area contributed by atoms with Gasteiger partial charge >= 0.3 is 5.97 Å². The summed E-state index contributed by atoms with van der Waals surface area (Å²) in [5, 5.41) is 12.6. The second-order valence-corrected chi connectivity index (χ2v) is 7.15. The number of amides is 1. The molecule has 0 saturated heterocycles. The summed E-state index contributed by atoms with van der Waals surface area (Å²) in [4.78, 5) is 24.6. The first-order valence-electron chi connectivity index (χ1n) is 7.47. The molecule has 2 saturated carbocycles. The molecule has 1 aromatic rings. The molecular formula is C16H18N2O3S. The zero-order valence-electron chi connectivity index (χ0n) is 12.6. The van der Waals surface area contributed by atoms with Crippen LogP contribution in [0.1, 0.15) is 46.5 Å². The Bertz CT molecular complexity index is 674. The van der Waals surface area contributed by atoms with Gasteiger partial charge in [-0.2, -0.15) is 5.26 Å². The zero-order chi connectivity index (χ0) is 15.9. The molecule has 0 unspecified atom stereocenters. The summed E-state index contributed by atoms with van der Waals surface area (Å²) in [6.07, 6.45) is 4.47. The number of ether oxygens (including phenoxy) is 1. The van der Waals surface area contributed by atoms with Crippen molar-refractivity contribution in [2.75, 3.05) is 12.4 Å². The first-order valence-corrected chi connectivity index (χ1v) is 8.29. The quantitative estimate of drug-likeness (QED) is 0.869. The van der Waals surface area contributed by atoms with Crippen molar-refractivity contribution in [2.45, 2.75) is 32.6 Å². The van der Waals surface area contributed by atoms with Crippen molar-refractivity contribution in [3.63, 3.8) is 0 Å². The molecule has 1 aromatic heterocycles. The summed E-state index contributed by atoms with van der Waals surface area (Å²) in [5.41, 5.74) is 0.935. The Morgan fingerprint density at radius 2 is 2.14 bits per heavy atom. The summed E-state index contributed by atoms with van der Waals surface area (Å²) in [5.74, 6) is 0.735. The maximum absolute atomic E-state index is 12.5. The fraction of sp³-hybridized carbons (Fsp3) is 0.562. The number of esters is 1. The van der Waals surface area contributed by atoms with Gasteiger partial charge in [-0.05, 0) is 43.6 Å². The fourth-order valence-electron chi connectivity index (χ4n) is 3.79. The van der Waals surface area contributed by atoms with E-state index in [1.165, 1.54) is 13.5 Å². The number of nitrogens with one attached hydrogen (secondary N) is 1. The molecule has 22 heavy (non-hydrogen) atoms. The predicted molar refractivity (Wildman–Crippen MR) is 82.7 cm³/mol. The minimum atomic E-state index is -0.473. The highest BCUT2D eigenvalue weighted by molar-refractivity contribution is 7.18. The molecule has 2 aliphatic carbocycles. The third kappa shape index (κ3) is 2.40. The first kappa shape index (κ1) is 15.0. The number of carbonyl (C=O) groups excluding carboxylic acids is 2. The van der Waals surface area contributed by atoms with Gasteiger partial charge in [-0.15, -0.1) is 11.3 Å². The number of thiophene rings is 1. The Morgan fingerprint density at radius 1 is 1.36 bits per heavy atom. The molecule has 3 atom stereocenters. The van der Waals surface area contributed by atoms with Crippen LogP contribution in [-0.4, -0.2) is 19.0 Å². The lowest BCUT2D eigenvalue weighted by Gasteiger charge is -2.20. The van der Waals surface area contributed by atoms with Gasteiger partial charge < -0.3 is 10.1 Å². The van der Waals surface area contributed by atoms with E-state index in [1.807, 2.05) is 0 Å². The second-order valence-electron chi connectivity index (χ2n) is 6.13. The average molecular weight is 318 g/mol. The number of anilines is 1. The molecule has 1 N–H and O–H groups in total. The number of nitriles is 1. The molecule has 0 radical (unpaired) electrons. The first-order chi connectivity index (χ1) is 10.5. The standard InChI is InChI=1S/C16H18N2O3S/c1-8-12(7-17)15(22-13(8)16(20)21-2)18-14(19)11-6-9-3-4-10(11)5-9/h9-11H,3-6H2,1-2H3,(H,18,19)/t9-,10-,11+/m0/s1. The zero-order valence-corrected chi connectivity index (χ0v) is 13.5. The van der Waals surface area contributed by atoms with Crippen molar-refractivity contribution in [1.29, 1.82) is 5.26 Å². The topological polar surface area (TPSA) is 79.2 Å². The summed E-state index contributed by atoms with van der Waals surface area (Å²) in [6, 6.07) is 2.08. The Labute approximate surface area is 133 Å². The molecule has 5 nitrogen and oxygen atoms in total. The van der Waals surface area contributed by atoms with Crippen LogP contribution >= 0.6 is 11.3 Å². The Hall–Kier alpha value is -1.87. The van der Waals surface area contributed by atoms with Crippen molar-refractivity contribution in [3.8, 4) is 6.07 Å². The van der Waals surface area contributed by atoms with Crippen molar-refractivity contribution >= 4 is 28.2 Å². The minimum absolute atomic E-state index is 0.0126. The van der Waals surface area contributed by atoms with E-state index in [4.69, 9.17) is 4.74 Å². The van der Waals surface area contributed by atoms with Crippen molar-refractivity contribution < 1.29 is 14.3 Å². The van der Waals surface area contributed by atoms with Crippen LogP contribution in [0.15, 0.2) is 0 Å². The molecule has 1 amide bonds. The maximum Gasteiger partial charge on any atom is 0.348 e. The number of hydrogen-bond donors (Lipinski definition) is 1. The van der Waals surface area contributed by atoms with Crippen LogP contribution in [0.25, 0.3) is 0 Å². The second kappa shape index (κ2) is 5.73. The van der Waals surface area contributed by atoms with E-state index >= 15 is 0 Å². The molecule has 1 heterocycles. The molecular weight excluding hydrogens is 300 g/mol. The minimum Gasteiger partial charge on any atom is -0.465 e. The van der Waals surface area contributed by atoms with E-state index in [0.717, 1.165) is 30.6 Å². The number of hydrogen-bond acceptors (Lipinski definition) is 5.